The Hall–Kier alpha value is -1.02. The van der Waals surface area contributed by atoms with E-state index >= 15 is 0 Å². The zero-order valence-electron chi connectivity index (χ0n) is 13.0. The summed E-state index contributed by atoms with van der Waals surface area (Å²) in [6.45, 7) is 5.94. The molecule has 3 rings (SSSR count). The van der Waals surface area contributed by atoms with Gasteiger partial charge in [0.15, 0.2) is 0 Å². The van der Waals surface area contributed by atoms with Gasteiger partial charge in [0, 0.05) is 5.54 Å². The Morgan fingerprint density at radius 1 is 1.40 bits per heavy atom. The van der Waals surface area contributed by atoms with Crippen molar-refractivity contribution in [2.24, 2.45) is 11.8 Å². The van der Waals surface area contributed by atoms with E-state index in [1.165, 1.54) is 37.8 Å². The van der Waals surface area contributed by atoms with Crippen LogP contribution in [0.2, 0.25) is 0 Å². The van der Waals surface area contributed by atoms with E-state index in [9.17, 15) is 0 Å². The highest BCUT2D eigenvalue weighted by Gasteiger charge is 2.44. The maximum Gasteiger partial charge on any atom is 0.119 e. The Kier molecular flexibility index (Phi) is 3.76. The van der Waals surface area contributed by atoms with Crippen molar-refractivity contribution in [1.82, 2.24) is 5.32 Å². The summed E-state index contributed by atoms with van der Waals surface area (Å²) in [5, 5.41) is 3.80. The van der Waals surface area contributed by atoms with Gasteiger partial charge in [0.05, 0.1) is 7.11 Å². The summed E-state index contributed by atoms with van der Waals surface area (Å²) in [5.41, 5.74) is 1.86. The molecule has 0 spiro atoms. The van der Waals surface area contributed by atoms with E-state index in [1.54, 1.807) is 7.11 Å². The Balaban J connectivity index is 1.88. The molecule has 1 heterocycles. The van der Waals surface area contributed by atoms with Crippen molar-refractivity contribution in [3.8, 4) is 5.75 Å². The maximum atomic E-state index is 5.41. The van der Waals surface area contributed by atoms with Gasteiger partial charge in [-0.1, -0.05) is 25.5 Å². The van der Waals surface area contributed by atoms with Crippen LogP contribution in [0.1, 0.15) is 51.0 Å². The number of rotatable bonds is 3. The minimum absolute atomic E-state index is 0.381. The summed E-state index contributed by atoms with van der Waals surface area (Å²) in [4.78, 5) is 0. The molecular weight excluding hydrogens is 246 g/mol. The lowest BCUT2D eigenvalue weighted by atomic mass is 9.61. The van der Waals surface area contributed by atoms with Crippen LogP contribution in [0.25, 0.3) is 0 Å². The highest BCUT2D eigenvalue weighted by molar-refractivity contribution is 5.32. The molecule has 0 radical (unpaired) electrons. The van der Waals surface area contributed by atoms with Crippen molar-refractivity contribution in [2.45, 2.75) is 51.0 Å². The van der Waals surface area contributed by atoms with E-state index < -0.39 is 0 Å². The molecule has 1 saturated heterocycles. The van der Waals surface area contributed by atoms with Crippen molar-refractivity contribution in [3.63, 3.8) is 0 Å². The minimum Gasteiger partial charge on any atom is -0.497 e. The molecule has 2 fully saturated rings. The predicted octanol–water partition coefficient (Wildman–Crippen LogP) is 3.97. The number of methoxy groups -OCH3 is 1. The van der Waals surface area contributed by atoms with Crippen molar-refractivity contribution >= 4 is 0 Å². The lowest BCUT2D eigenvalue weighted by Gasteiger charge is -2.51. The summed E-state index contributed by atoms with van der Waals surface area (Å²) in [5.74, 6) is 3.36. The molecule has 4 atom stereocenters. The second-order valence-electron chi connectivity index (χ2n) is 6.90. The topological polar surface area (TPSA) is 21.3 Å². The van der Waals surface area contributed by atoms with Crippen LogP contribution in [0.3, 0.4) is 0 Å². The van der Waals surface area contributed by atoms with E-state index in [1.807, 2.05) is 0 Å². The van der Waals surface area contributed by atoms with Gasteiger partial charge in [-0.25, -0.2) is 0 Å². The van der Waals surface area contributed by atoms with E-state index in [0.717, 1.165) is 17.6 Å². The van der Waals surface area contributed by atoms with E-state index in [4.69, 9.17) is 4.74 Å². The number of piperidine rings is 1. The first-order valence-corrected chi connectivity index (χ1v) is 8.04. The quantitative estimate of drug-likeness (QED) is 0.900. The highest BCUT2D eigenvalue weighted by Crippen LogP contribution is 2.49. The fourth-order valence-corrected chi connectivity index (χ4v) is 4.37. The van der Waals surface area contributed by atoms with Crippen LogP contribution in [0.4, 0.5) is 0 Å². The van der Waals surface area contributed by atoms with Gasteiger partial charge in [-0.15, -0.1) is 0 Å². The second-order valence-corrected chi connectivity index (χ2v) is 6.90. The highest BCUT2D eigenvalue weighted by atomic mass is 16.5. The van der Waals surface area contributed by atoms with Crippen molar-refractivity contribution in [3.05, 3.63) is 29.8 Å². The molecule has 20 heavy (non-hydrogen) atoms. The normalized spacial score (nSPS) is 36.6. The van der Waals surface area contributed by atoms with Crippen LogP contribution < -0.4 is 10.1 Å². The van der Waals surface area contributed by atoms with Crippen LogP contribution in [-0.2, 0) is 0 Å². The van der Waals surface area contributed by atoms with Crippen molar-refractivity contribution in [1.29, 1.82) is 0 Å². The van der Waals surface area contributed by atoms with Gasteiger partial charge in [0.25, 0.3) is 0 Å². The Labute approximate surface area is 122 Å². The summed E-state index contributed by atoms with van der Waals surface area (Å²) in [6, 6.07) is 8.74. The molecule has 1 saturated carbocycles. The SMILES string of the molecule is CCC1CNC2(C)CCC(c3cccc(OC)c3)C1C2. The van der Waals surface area contributed by atoms with Gasteiger partial charge in [-0.05, 0) is 68.2 Å². The molecule has 0 amide bonds. The van der Waals surface area contributed by atoms with E-state index in [0.29, 0.717) is 11.5 Å². The van der Waals surface area contributed by atoms with Gasteiger partial charge >= 0.3 is 0 Å². The lowest BCUT2D eigenvalue weighted by Crippen LogP contribution is -2.56. The first-order chi connectivity index (χ1) is 9.65. The van der Waals surface area contributed by atoms with Gasteiger partial charge in [0.1, 0.15) is 5.75 Å². The van der Waals surface area contributed by atoms with Crippen LogP contribution >= 0.6 is 0 Å². The summed E-state index contributed by atoms with van der Waals surface area (Å²) in [7, 11) is 1.76. The number of nitrogens with one attached hydrogen (secondary N) is 1. The first-order valence-electron chi connectivity index (χ1n) is 8.04. The number of fused-ring (bicyclic) bond motifs is 2. The van der Waals surface area contributed by atoms with E-state index in [2.05, 4.69) is 43.4 Å². The smallest absolute Gasteiger partial charge is 0.119 e. The maximum absolute atomic E-state index is 5.41. The minimum atomic E-state index is 0.381. The van der Waals surface area contributed by atoms with Crippen LogP contribution in [-0.4, -0.2) is 19.2 Å². The summed E-state index contributed by atoms with van der Waals surface area (Å²) in [6.07, 6.45) is 5.21. The Morgan fingerprint density at radius 3 is 3.00 bits per heavy atom. The molecule has 2 heteroatoms. The number of hydrogen-bond donors (Lipinski definition) is 1. The fraction of sp³-hybridized carbons (Fsp3) is 0.667. The van der Waals surface area contributed by atoms with Crippen molar-refractivity contribution in [2.75, 3.05) is 13.7 Å². The summed E-state index contributed by atoms with van der Waals surface area (Å²) < 4.78 is 5.41. The number of hydrogen-bond acceptors (Lipinski definition) is 2. The first kappa shape index (κ1) is 13.9. The molecular formula is C18H27NO. The third-order valence-corrected chi connectivity index (χ3v) is 5.65. The third-order valence-electron chi connectivity index (χ3n) is 5.65. The molecule has 1 aliphatic heterocycles. The Bertz CT molecular complexity index is 472. The average molecular weight is 273 g/mol. The molecule has 2 nitrogen and oxygen atoms in total. The molecule has 1 aliphatic carbocycles. The second kappa shape index (κ2) is 5.40. The van der Waals surface area contributed by atoms with Gasteiger partial charge in [0.2, 0.25) is 0 Å². The lowest BCUT2D eigenvalue weighted by molar-refractivity contribution is 0.0701. The molecule has 2 aliphatic rings. The predicted molar refractivity (Wildman–Crippen MR) is 83.3 cm³/mol. The molecule has 4 unspecified atom stereocenters. The third kappa shape index (κ3) is 2.46. The van der Waals surface area contributed by atoms with Crippen LogP contribution in [0.15, 0.2) is 24.3 Å². The molecule has 1 aromatic carbocycles. The standard InChI is InChI=1S/C18H27NO/c1-4-13-12-19-18(2)9-8-16(17(13)11-18)14-6-5-7-15(10-14)20-3/h5-7,10,13,16-17,19H,4,8-9,11-12H2,1-3H3. The van der Waals surface area contributed by atoms with E-state index in [-0.39, 0.29) is 0 Å². The molecule has 110 valence electrons. The van der Waals surface area contributed by atoms with Crippen LogP contribution in [0.5, 0.6) is 5.75 Å². The molecule has 1 aromatic rings. The molecule has 0 aromatic heterocycles. The zero-order chi connectivity index (χ0) is 14.2. The van der Waals surface area contributed by atoms with Crippen LogP contribution in [0, 0.1) is 11.8 Å². The van der Waals surface area contributed by atoms with Crippen molar-refractivity contribution < 1.29 is 4.74 Å². The number of benzene rings is 1. The number of ether oxygens (including phenoxy) is 1. The average Bonchev–Trinajstić information content (AvgIpc) is 2.47. The monoisotopic (exact) mass is 273 g/mol. The molecule has 2 bridgehead atoms. The van der Waals surface area contributed by atoms with Gasteiger partial charge in [-0.3, -0.25) is 0 Å². The summed E-state index contributed by atoms with van der Waals surface area (Å²) >= 11 is 0. The van der Waals surface area contributed by atoms with Gasteiger partial charge < -0.3 is 10.1 Å². The fourth-order valence-electron chi connectivity index (χ4n) is 4.37. The Morgan fingerprint density at radius 2 is 2.25 bits per heavy atom. The zero-order valence-corrected chi connectivity index (χ0v) is 13.0. The van der Waals surface area contributed by atoms with Gasteiger partial charge in [-0.2, -0.15) is 0 Å². The largest absolute Gasteiger partial charge is 0.497 e. The molecule has 1 N–H and O–H groups in total.